The molecule has 0 aliphatic heterocycles. The first kappa shape index (κ1) is 20.6. The van der Waals surface area contributed by atoms with Crippen molar-refractivity contribution in [2.24, 2.45) is 0 Å². The van der Waals surface area contributed by atoms with E-state index in [1.54, 1.807) is 18.2 Å². The van der Waals surface area contributed by atoms with Crippen molar-refractivity contribution in [3.63, 3.8) is 0 Å². The zero-order chi connectivity index (χ0) is 22.6. The average Bonchev–Trinajstić information content (AvgIpc) is 3.18. The smallest absolute Gasteiger partial charge is 0.220 e. The van der Waals surface area contributed by atoms with Gasteiger partial charge in [0.2, 0.25) is 11.8 Å². The Kier molecular flexibility index (Phi) is 5.62. The average molecular weight is 452 g/mol. The first-order valence-corrected chi connectivity index (χ1v) is 10.7. The number of nitriles is 1. The number of imidazole rings is 1. The first-order chi connectivity index (χ1) is 16.2. The SMILES string of the molecule is N#Cc1cccc(Oc2ccc(Nc3nc4ccccc4n3Cc3ccc(Cl)cc3)cc2)n1. The van der Waals surface area contributed by atoms with E-state index in [-0.39, 0.29) is 0 Å². The highest BCUT2D eigenvalue weighted by Crippen LogP contribution is 2.27. The topological polar surface area (TPSA) is 75.8 Å². The van der Waals surface area contributed by atoms with Crippen LogP contribution in [0.5, 0.6) is 11.6 Å². The van der Waals surface area contributed by atoms with Crippen molar-refractivity contribution >= 4 is 34.3 Å². The van der Waals surface area contributed by atoms with Gasteiger partial charge in [0.05, 0.1) is 17.6 Å². The zero-order valence-corrected chi connectivity index (χ0v) is 18.2. The molecule has 160 valence electrons. The molecule has 6 nitrogen and oxygen atoms in total. The number of ether oxygens (including phenoxy) is 1. The van der Waals surface area contributed by atoms with E-state index >= 15 is 0 Å². The fourth-order valence-corrected chi connectivity index (χ4v) is 3.62. The molecule has 1 N–H and O–H groups in total. The molecule has 2 aromatic heterocycles. The van der Waals surface area contributed by atoms with Crippen molar-refractivity contribution in [3.8, 4) is 17.7 Å². The van der Waals surface area contributed by atoms with Crippen LogP contribution in [0.15, 0.2) is 91.0 Å². The van der Waals surface area contributed by atoms with E-state index in [9.17, 15) is 0 Å². The van der Waals surface area contributed by atoms with Crippen molar-refractivity contribution in [1.82, 2.24) is 14.5 Å². The first-order valence-electron chi connectivity index (χ1n) is 10.3. The van der Waals surface area contributed by atoms with E-state index in [0.717, 1.165) is 28.2 Å². The molecular formula is C26H18ClN5O. The van der Waals surface area contributed by atoms with E-state index in [1.165, 1.54) is 0 Å². The molecule has 0 aliphatic rings. The molecule has 0 atom stereocenters. The van der Waals surface area contributed by atoms with Gasteiger partial charge in [-0.2, -0.15) is 5.26 Å². The minimum absolute atomic E-state index is 0.311. The minimum Gasteiger partial charge on any atom is -0.439 e. The molecule has 0 fully saturated rings. The maximum absolute atomic E-state index is 8.99. The number of benzene rings is 3. The molecule has 0 unspecified atom stereocenters. The Hall–Kier alpha value is -4.34. The van der Waals surface area contributed by atoms with Crippen LogP contribution in [0.3, 0.4) is 0 Å². The molecular weight excluding hydrogens is 434 g/mol. The molecule has 0 radical (unpaired) electrons. The highest BCUT2D eigenvalue weighted by molar-refractivity contribution is 6.30. The third kappa shape index (κ3) is 4.64. The van der Waals surface area contributed by atoms with Gasteiger partial charge in [-0.3, -0.25) is 0 Å². The zero-order valence-electron chi connectivity index (χ0n) is 17.4. The van der Waals surface area contributed by atoms with Crippen molar-refractivity contribution in [3.05, 3.63) is 107 Å². The van der Waals surface area contributed by atoms with Crippen LogP contribution in [0.1, 0.15) is 11.3 Å². The molecule has 0 saturated carbocycles. The van der Waals surface area contributed by atoms with Gasteiger partial charge >= 0.3 is 0 Å². The van der Waals surface area contributed by atoms with Gasteiger partial charge in [-0.1, -0.05) is 41.9 Å². The van der Waals surface area contributed by atoms with Crippen LogP contribution < -0.4 is 10.1 Å². The summed E-state index contributed by atoms with van der Waals surface area (Å²) in [7, 11) is 0. The number of anilines is 2. The lowest BCUT2D eigenvalue weighted by atomic mass is 10.2. The van der Waals surface area contributed by atoms with E-state index in [0.29, 0.717) is 28.9 Å². The molecule has 7 heteroatoms. The maximum atomic E-state index is 8.99. The lowest BCUT2D eigenvalue weighted by molar-refractivity contribution is 0.462. The number of nitrogens with zero attached hydrogens (tertiary/aromatic N) is 4. The number of para-hydroxylation sites is 2. The van der Waals surface area contributed by atoms with Gasteiger partial charge in [0.1, 0.15) is 17.5 Å². The Balaban J connectivity index is 1.39. The monoisotopic (exact) mass is 451 g/mol. The number of aromatic nitrogens is 3. The van der Waals surface area contributed by atoms with Crippen LogP contribution >= 0.6 is 11.6 Å². The molecule has 0 spiro atoms. The number of rotatable bonds is 6. The fourth-order valence-electron chi connectivity index (χ4n) is 3.49. The summed E-state index contributed by atoms with van der Waals surface area (Å²) in [6.07, 6.45) is 0. The number of halogens is 1. The lowest BCUT2D eigenvalue weighted by Gasteiger charge is -2.12. The molecule has 0 amide bonds. The number of pyridine rings is 1. The van der Waals surface area contributed by atoms with Crippen molar-refractivity contribution in [2.75, 3.05) is 5.32 Å². The Bertz CT molecular complexity index is 1450. The Morgan fingerprint density at radius 3 is 2.45 bits per heavy atom. The van der Waals surface area contributed by atoms with Crippen molar-refractivity contribution < 1.29 is 4.74 Å². The maximum Gasteiger partial charge on any atom is 0.220 e. The third-order valence-corrected chi connectivity index (χ3v) is 5.33. The van der Waals surface area contributed by atoms with Gasteiger partial charge in [-0.25, -0.2) is 9.97 Å². The van der Waals surface area contributed by atoms with Gasteiger partial charge in [-0.15, -0.1) is 0 Å². The van der Waals surface area contributed by atoms with Gasteiger partial charge in [0.25, 0.3) is 0 Å². The summed E-state index contributed by atoms with van der Waals surface area (Å²) in [5.41, 5.74) is 4.26. The van der Waals surface area contributed by atoms with Gasteiger partial charge in [-0.05, 0) is 60.2 Å². The Morgan fingerprint density at radius 1 is 0.879 bits per heavy atom. The van der Waals surface area contributed by atoms with Crippen LogP contribution in [0.4, 0.5) is 11.6 Å². The highest BCUT2D eigenvalue weighted by Gasteiger charge is 2.12. The molecule has 2 heterocycles. The highest BCUT2D eigenvalue weighted by atomic mass is 35.5. The van der Waals surface area contributed by atoms with E-state index in [1.807, 2.05) is 72.8 Å². The second-order valence-corrected chi connectivity index (χ2v) is 7.80. The second kappa shape index (κ2) is 9.03. The van der Waals surface area contributed by atoms with Gasteiger partial charge < -0.3 is 14.6 Å². The quantitative estimate of drug-likeness (QED) is 0.317. The standard InChI is InChI=1S/C26H18ClN5O/c27-19-10-8-18(9-11-19)17-32-24-6-2-1-5-23(24)31-26(32)30-20-12-14-22(15-13-20)33-25-7-3-4-21(16-28)29-25/h1-15H,17H2,(H,30,31). The molecule has 5 aromatic rings. The minimum atomic E-state index is 0.311. The van der Waals surface area contributed by atoms with Crippen LogP contribution in [-0.2, 0) is 6.54 Å². The number of nitrogens with one attached hydrogen (secondary N) is 1. The summed E-state index contributed by atoms with van der Waals surface area (Å²) >= 11 is 6.05. The summed E-state index contributed by atoms with van der Waals surface area (Å²) in [5.74, 6) is 1.74. The molecule has 33 heavy (non-hydrogen) atoms. The van der Waals surface area contributed by atoms with Crippen LogP contribution in [0.2, 0.25) is 5.02 Å². The van der Waals surface area contributed by atoms with E-state index in [2.05, 4.69) is 20.9 Å². The predicted molar refractivity (Wildman–Crippen MR) is 129 cm³/mol. The van der Waals surface area contributed by atoms with Crippen LogP contribution in [0.25, 0.3) is 11.0 Å². The largest absolute Gasteiger partial charge is 0.439 e. The summed E-state index contributed by atoms with van der Waals surface area (Å²) in [4.78, 5) is 8.92. The van der Waals surface area contributed by atoms with Crippen LogP contribution in [0, 0.1) is 11.3 Å². The Labute approximate surface area is 195 Å². The Morgan fingerprint density at radius 2 is 1.67 bits per heavy atom. The summed E-state index contributed by atoms with van der Waals surface area (Å²) in [6.45, 7) is 0.655. The number of hydrogen-bond donors (Lipinski definition) is 1. The lowest BCUT2D eigenvalue weighted by Crippen LogP contribution is -2.05. The molecule has 0 saturated heterocycles. The molecule has 0 bridgehead atoms. The van der Waals surface area contributed by atoms with E-state index < -0.39 is 0 Å². The predicted octanol–water partition coefficient (Wildman–Crippen LogP) is 6.54. The molecule has 5 rings (SSSR count). The summed E-state index contributed by atoms with van der Waals surface area (Å²) < 4.78 is 7.90. The van der Waals surface area contributed by atoms with E-state index in [4.69, 9.17) is 26.6 Å². The normalized spacial score (nSPS) is 10.7. The second-order valence-electron chi connectivity index (χ2n) is 7.36. The van der Waals surface area contributed by atoms with Crippen molar-refractivity contribution in [1.29, 1.82) is 5.26 Å². The summed E-state index contributed by atoms with van der Waals surface area (Å²) in [6, 6.07) is 30.5. The fraction of sp³-hybridized carbons (Fsp3) is 0.0385. The van der Waals surface area contributed by atoms with Crippen molar-refractivity contribution in [2.45, 2.75) is 6.54 Å². The number of fused-ring (bicyclic) bond motifs is 1. The third-order valence-electron chi connectivity index (χ3n) is 5.08. The van der Waals surface area contributed by atoms with Gasteiger partial charge in [0, 0.05) is 16.8 Å². The van der Waals surface area contributed by atoms with Crippen LogP contribution in [-0.4, -0.2) is 14.5 Å². The van der Waals surface area contributed by atoms with Gasteiger partial charge in [0.15, 0.2) is 0 Å². The molecule has 3 aromatic carbocycles. The molecule has 0 aliphatic carbocycles. The summed E-state index contributed by atoms with van der Waals surface area (Å²) in [5, 5.41) is 13.1. The number of hydrogen-bond acceptors (Lipinski definition) is 5.